The van der Waals surface area contributed by atoms with Crippen LogP contribution in [-0.4, -0.2) is 34.6 Å². The Morgan fingerprint density at radius 2 is 2.14 bits per heavy atom. The van der Waals surface area contributed by atoms with Gasteiger partial charge < -0.3 is 15.2 Å². The molecule has 1 aliphatic rings. The summed E-state index contributed by atoms with van der Waals surface area (Å²) in [6.45, 7) is 2.28. The van der Waals surface area contributed by atoms with Crippen molar-refractivity contribution in [1.82, 2.24) is 14.5 Å². The van der Waals surface area contributed by atoms with Gasteiger partial charge in [-0.2, -0.15) is 0 Å². The molecule has 2 N–H and O–H groups in total. The van der Waals surface area contributed by atoms with Crippen molar-refractivity contribution >= 4 is 0 Å². The van der Waals surface area contributed by atoms with Crippen molar-refractivity contribution in [2.24, 2.45) is 5.73 Å². The Hall–Kier alpha value is -1.65. The Kier molecular flexibility index (Phi) is 4.36. The van der Waals surface area contributed by atoms with Crippen molar-refractivity contribution in [2.75, 3.05) is 20.1 Å². The number of piperidine rings is 1. The maximum Gasteiger partial charge on any atom is 0.0951 e. The molecule has 3 rings (SSSR count). The van der Waals surface area contributed by atoms with Crippen molar-refractivity contribution in [3.8, 4) is 0 Å². The first-order chi connectivity index (χ1) is 10.2. The predicted octanol–water partition coefficient (Wildman–Crippen LogP) is 2.39. The normalized spacial score (nSPS) is 21.3. The second kappa shape index (κ2) is 6.41. The summed E-state index contributed by atoms with van der Waals surface area (Å²) in [6.07, 6.45) is 7.19. The molecule has 2 aromatic rings. The number of hydrogen-bond acceptors (Lipinski definition) is 3. The number of hydrogen-bond donors (Lipinski definition) is 1. The molecule has 0 spiro atoms. The highest BCUT2D eigenvalue weighted by molar-refractivity contribution is 5.19. The van der Waals surface area contributed by atoms with E-state index < -0.39 is 0 Å². The third-order valence-electron chi connectivity index (χ3n) is 4.37. The molecule has 1 aliphatic heterocycles. The molecule has 0 aliphatic carbocycles. The van der Waals surface area contributed by atoms with Gasteiger partial charge in [0.1, 0.15) is 0 Å². The predicted molar refractivity (Wildman–Crippen MR) is 85.1 cm³/mol. The van der Waals surface area contributed by atoms with Crippen LogP contribution in [0.1, 0.15) is 36.2 Å². The maximum absolute atomic E-state index is 6.44. The Labute approximate surface area is 126 Å². The lowest BCUT2D eigenvalue weighted by atomic mass is 10.0. The van der Waals surface area contributed by atoms with E-state index >= 15 is 0 Å². The Morgan fingerprint density at radius 1 is 1.33 bits per heavy atom. The van der Waals surface area contributed by atoms with Crippen LogP contribution in [0.2, 0.25) is 0 Å². The zero-order valence-corrected chi connectivity index (χ0v) is 12.7. The maximum atomic E-state index is 6.44. The van der Waals surface area contributed by atoms with E-state index in [1.807, 2.05) is 18.6 Å². The fraction of sp³-hybridized carbons (Fsp3) is 0.471. The first kappa shape index (κ1) is 14.3. The minimum atomic E-state index is 0.00197. The first-order valence-corrected chi connectivity index (χ1v) is 7.74. The van der Waals surface area contributed by atoms with Gasteiger partial charge in [-0.1, -0.05) is 30.3 Å². The van der Waals surface area contributed by atoms with Gasteiger partial charge in [-0.05, 0) is 38.4 Å². The molecule has 0 amide bonds. The molecule has 2 atom stereocenters. The third-order valence-corrected chi connectivity index (χ3v) is 4.37. The van der Waals surface area contributed by atoms with Crippen molar-refractivity contribution in [1.29, 1.82) is 0 Å². The molecule has 112 valence electrons. The van der Waals surface area contributed by atoms with Crippen LogP contribution < -0.4 is 5.73 Å². The van der Waals surface area contributed by atoms with E-state index in [4.69, 9.17) is 5.73 Å². The number of benzene rings is 1. The lowest BCUT2D eigenvalue weighted by Crippen LogP contribution is -2.34. The number of imidazole rings is 1. The zero-order valence-electron chi connectivity index (χ0n) is 12.7. The second-order valence-electron chi connectivity index (χ2n) is 6.08. The van der Waals surface area contributed by atoms with E-state index in [0.29, 0.717) is 6.04 Å². The van der Waals surface area contributed by atoms with E-state index in [1.165, 1.54) is 24.9 Å². The zero-order chi connectivity index (χ0) is 14.7. The summed E-state index contributed by atoms with van der Waals surface area (Å²) in [6, 6.07) is 10.9. The van der Waals surface area contributed by atoms with Crippen molar-refractivity contribution in [3.05, 3.63) is 54.1 Å². The van der Waals surface area contributed by atoms with E-state index in [9.17, 15) is 0 Å². The Bertz CT molecular complexity index is 563. The van der Waals surface area contributed by atoms with Crippen molar-refractivity contribution < 1.29 is 0 Å². The molecule has 0 radical (unpaired) electrons. The van der Waals surface area contributed by atoms with Gasteiger partial charge in [-0.25, -0.2) is 4.98 Å². The van der Waals surface area contributed by atoms with Crippen LogP contribution in [0.4, 0.5) is 0 Å². The number of likely N-dealkylation sites (N-methyl/N-ethyl adjacent to an activating group) is 1. The molecule has 1 unspecified atom stereocenters. The molecule has 1 aromatic heterocycles. The average molecular weight is 284 g/mol. The molecule has 21 heavy (non-hydrogen) atoms. The number of aromatic nitrogens is 2. The van der Waals surface area contributed by atoms with E-state index in [-0.39, 0.29) is 6.04 Å². The molecular weight excluding hydrogens is 260 g/mol. The Balaban J connectivity index is 1.75. The van der Waals surface area contributed by atoms with Gasteiger partial charge in [0.15, 0.2) is 0 Å². The monoisotopic (exact) mass is 284 g/mol. The first-order valence-electron chi connectivity index (χ1n) is 7.74. The highest BCUT2D eigenvalue weighted by Gasteiger charge is 2.22. The Morgan fingerprint density at radius 3 is 2.90 bits per heavy atom. The smallest absolute Gasteiger partial charge is 0.0951 e. The van der Waals surface area contributed by atoms with E-state index in [2.05, 4.69) is 45.8 Å². The van der Waals surface area contributed by atoms with Crippen LogP contribution in [-0.2, 0) is 6.42 Å². The summed E-state index contributed by atoms with van der Waals surface area (Å²) in [4.78, 5) is 6.74. The highest BCUT2D eigenvalue weighted by atomic mass is 15.2. The van der Waals surface area contributed by atoms with Crippen LogP contribution in [0.25, 0.3) is 0 Å². The topological polar surface area (TPSA) is 47.1 Å². The fourth-order valence-corrected chi connectivity index (χ4v) is 3.25. The molecule has 1 aromatic carbocycles. The summed E-state index contributed by atoms with van der Waals surface area (Å²) in [7, 11) is 2.19. The lowest BCUT2D eigenvalue weighted by Gasteiger charge is -2.32. The molecule has 4 nitrogen and oxygen atoms in total. The molecule has 2 heterocycles. The summed E-state index contributed by atoms with van der Waals surface area (Å²) in [5, 5.41) is 0. The lowest BCUT2D eigenvalue weighted by molar-refractivity contribution is 0.208. The quantitative estimate of drug-likeness (QED) is 0.938. The molecule has 0 saturated carbocycles. The minimum Gasteiger partial charge on any atom is -0.329 e. The molecule has 1 saturated heterocycles. The van der Waals surface area contributed by atoms with Crippen LogP contribution in [0.5, 0.6) is 0 Å². The summed E-state index contributed by atoms with van der Waals surface area (Å²) in [5.41, 5.74) is 8.87. The fourth-order valence-electron chi connectivity index (χ4n) is 3.25. The van der Waals surface area contributed by atoms with Crippen LogP contribution in [0.3, 0.4) is 0 Å². The van der Waals surface area contributed by atoms with Gasteiger partial charge in [0.2, 0.25) is 0 Å². The van der Waals surface area contributed by atoms with Gasteiger partial charge in [-0.15, -0.1) is 0 Å². The van der Waals surface area contributed by atoms with Crippen molar-refractivity contribution in [2.45, 2.75) is 31.3 Å². The van der Waals surface area contributed by atoms with Crippen molar-refractivity contribution in [3.63, 3.8) is 0 Å². The van der Waals surface area contributed by atoms with Crippen LogP contribution in [0.15, 0.2) is 42.9 Å². The number of likely N-dealkylation sites (tertiary alicyclic amines) is 1. The molecular formula is C17H24N4. The number of rotatable bonds is 4. The number of nitrogens with two attached hydrogens (primary N) is 1. The van der Waals surface area contributed by atoms with Crippen LogP contribution in [0, 0.1) is 0 Å². The second-order valence-corrected chi connectivity index (χ2v) is 6.08. The molecule has 4 heteroatoms. The van der Waals surface area contributed by atoms with Gasteiger partial charge in [0.25, 0.3) is 0 Å². The molecule has 1 fully saturated rings. The third kappa shape index (κ3) is 3.34. The van der Waals surface area contributed by atoms with E-state index in [0.717, 1.165) is 18.7 Å². The van der Waals surface area contributed by atoms with Gasteiger partial charge >= 0.3 is 0 Å². The van der Waals surface area contributed by atoms with Gasteiger partial charge in [-0.3, -0.25) is 0 Å². The van der Waals surface area contributed by atoms with E-state index in [1.54, 1.807) is 0 Å². The summed E-state index contributed by atoms with van der Waals surface area (Å²) in [5.74, 6) is 0. The standard InChI is InChI=1S/C17H24N4/c1-20-9-5-8-15(12-20)21-13-19-11-17(21)16(18)10-14-6-3-2-4-7-14/h2-4,6-7,11,13,15-16H,5,8-10,12,18H2,1H3/t15?,16-/m1/s1. The molecule has 0 bridgehead atoms. The highest BCUT2D eigenvalue weighted by Crippen LogP contribution is 2.25. The SMILES string of the molecule is CN1CCCC(n2cncc2[C@H](N)Cc2ccccc2)C1. The number of nitrogens with zero attached hydrogens (tertiary/aromatic N) is 3. The van der Waals surface area contributed by atoms with Crippen LogP contribution >= 0.6 is 0 Å². The largest absolute Gasteiger partial charge is 0.329 e. The summed E-state index contributed by atoms with van der Waals surface area (Å²) >= 11 is 0. The summed E-state index contributed by atoms with van der Waals surface area (Å²) < 4.78 is 2.29. The van der Waals surface area contributed by atoms with Gasteiger partial charge in [0.05, 0.1) is 18.1 Å². The van der Waals surface area contributed by atoms with Gasteiger partial charge in [0, 0.05) is 18.8 Å². The minimum absolute atomic E-state index is 0.00197. The average Bonchev–Trinajstić information content (AvgIpc) is 2.98.